The highest BCUT2D eigenvalue weighted by Gasteiger charge is 2.53. The standard InChI is InChI=1S/C24H27NO8/c1-3-30-21(27)24(22(28)31-4-2,15-20(26)32-16-18-11-7-5-8-12-18)25-23(29)33-17-19-13-9-6-10-14-19/h5-14H,3-4,15-17H2,1-2H3,(H,25,29). The number of alkyl carbamates (subject to hydrolysis) is 1. The molecule has 33 heavy (non-hydrogen) atoms. The molecular weight excluding hydrogens is 430 g/mol. The number of ether oxygens (including phenoxy) is 4. The number of carbonyl (C=O) groups is 4. The molecule has 0 aliphatic heterocycles. The fourth-order valence-electron chi connectivity index (χ4n) is 2.82. The summed E-state index contributed by atoms with van der Waals surface area (Å²) in [6.07, 6.45) is -1.94. The molecule has 0 aliphatic rings. The van der Waals surface area contributed by atoms with Gasteiger partial charge in [-0.25, -0.2) is 14.4 Å². The summed E-state index contributed by atoms with van der Waals surface area (Å²) in [4.78, 5) is 50.7. The average Bonchev–Trinajstić information content (AvgIpc) is 2.82. The van der Waals surface area contributed by atoms with Gasteiger partial charge in [-0.05, 0) is 25.0 Å². The number of hydrogen-bond acceptors (Lipinski definition) is 8. The van der Waals surface area contributed by atoms with Gasteiger partial charge in [0.1, 0.15) is 13.2 Å². The third-order valence-corrected chi connectivity index (χ3v) is 4.43. The maximum Gasteiger partial charge on any atom is 0.408 e. The van der Waals surface area contributed by atoms with Crippen LogP contribution in [0, 0.1) is 0 Å². The van der Waals surface area contributed by atoms with Crippen LogP contribution in [0.3, 0.4) is 0 Å². The van der Waals surface area contributed by atoms with Gasteiger partial charge in [0.25, 0.3) is 0 Å². The van der Waals surface area contributed by atoms with Gasteiger partial charge in [0, 0.05) is 0 Å². The lowest BCUT2D eigenvalue weighted by Gasteiger charge is -2.28. The summed E-state index contributed by atoms with van der Waals surface area (Å²) in [6, 6.07) is 17.6. The molecule has 9 nitrogen and oxygen atoms in total. The topological polar surface area (TPSA) is 117 Å². The van der Waals surface area contributed by atoms with E-state index in [2.05, 4.69) is 5.32 Å². The van der Waals surface area contributed by atoms with Gasteiger partial charge in [0.05, 0.1) is 19.6 Å². The van der Waals surface area contributed by atoms with Crippen LogP contribution >= 0.6 is 0 Å². The van der Waals surface area contributed by atoms with Gasteiger partial charge in [-0.3, -0.25) is 10.1 Å². The van der Waals surface area contributed by atoms with Gasteiger partial charge >= 0.3 is 24.0 Å². The van der Waals surface area contributed by atoms with Crippen molar-refractivity contribution in [3.05, 3.63) is 71.8 Å². The summed E-state index contributed by atoms with van der Waals surface area (Å²) in [6.45, 7) is 2.65. The molecule has 0 aliphatic carbocycles. The SMILES string of the molecule is CCOC(=O)C(CC(=O)OCc1ccccc1)(NC(=O)OCc1ccccc1)C(=O)OCC. The van der Waals surface area contributed by atoms with E-state index in [0.29, 0.717) is 11.1 Å². The summed E-state index contributed by atoms with van der Waals surface area (Å²) in [5.41, 5.74) is -1.07. The Morgan fingerprint density at radius 2 is 1.15 bits per heavy atom. The number of rotatable bonds is 11. The molecule has 0 heterocycles. The van der Waals surface area contributed by atoms with Gasteiger partial charge in [-0.2, -0.15) is 0 Å². The fraction of sp³-hybridized carbons (Fsp3) is 0.333. The number of carbonyl (C=O) groups excluding carboxylic acids is 4. The van der Waals surface area contributed by atoms with Crippen LogP contribution in [0.1, 0.15) is 31.4 Å². The highest BCUT2D eigenvalue weighted by molar-refractivity contribution is 6.09. The minimum Gasteiger partial charge on any atom is -0.464 e. The van der Waals surface area contributed by atoms with E-state index in [1.54, 1.807) is 54.6 Å². The molecule has 0 bridgehead atoms. The van der Waals surface area contributed by atoms with Crippen LogP contribution in [-0.4, -0.2) is 42.8 Å². The molecule has 0 radical (unpaired) electrons. The Bertz CT molecular complexity index is 852. The Morgan fingerprint density at radius 3 is 1.61 bits per heavy atom. The van der Waals surface area contributed by atoms with E-state index in [1.165, 1.54) is 13.8 Å². The highest BCUT2D eigenvalue weighted by Crippen LogP contribution is 2.19. The first-order valence-electron chi connectivity index (χ1n) is 10.4. The maximum absolute atomic E-state index is 12.8. The van der Waals surface area contributed by atoms with Crippen molar-refractivity contribution in [3.63, 3.8) is 0 Å². The molecule has 2 rings (SSSR count). The van der Waals surface area contributed by atoms with Gasteiger partial charge < -0.3 is 18.9 Å². The zero-order valence-electron chi connectivity index (χ0n) is 18.6. The van der Waals surface area contributed by atoms with Gasteiger partial charge in [-0.15, -0.1) is 0 Å². The Hall–Kier alpha value is -3.88. The van der Waals surface area contributed by atoms with Crippen molar-refractivity contribution in [2.24, 2.45) is 0 Å². The molecule has 0 atom stereocenters. The molecule has 0 spiro atoms. The zero-order chi connectivity index (χ0) is 24.1. The highest BCUT2D eigenvalue weighted by atomic mass is 16.6. The lowest BCUT2D eigenvalue weighted by Crippen LogP contribution is -2.62. The lowest BCUT2D eigenvalue weighted by molar-refractivity contribution is -0.171. The van der Waals surface area contributed by atoms with E-state index < -0.39 is 36.0 Å². The second-order valence-corrected chi connectivity index (χ2v) is 6.86. The molecule has 0 saturated carbocycles. The fourth-order valence-corrected chi connectivity index (χ4v) is 2.82. The molecule has 9 heteroatoms. The minimum absolute atomic E-state index is 0.0835. The molecule has 1 amide bonds. The van der Waals surface area contributed by atoms with E-state index >= 15 is 0 Å². The third-order valence-electron chi connectivity index (χ3n) is 4.43. The van der Waals surface area contributed by atoms with Crippen molar-refractivity contribution in [3.8, 4) is 0 Å². The molecule has 0 saturated heterocycles. The first kappa shape index (κ1) is 25.4. The summed E-state index contributed by atoms with van der Waals surface area (Å²) in [7, 11) is 0. The third kappa shape index (κ3) is 7.64. The number of amides is 1. The Balaban J connectivity index is 2.19. The molecule has 0 unspecified atom stereocenters. The van der Waals surface area contributed by atoms with Crippen LogP contribution in [0.4, 0.5) is 4.79 Å². The predicted octanol–water partition coefficient (Wildman–Crippen LogP) is 2.91. The summed E-state index contributed by atoms with van der Waals surface area (Å²) >= 11 is 0. The smallest absolute Gasteiger partial charge is 0.408 e. The molecule has 0 aromatic heterocycles. The number of esters is 3. The van der Waals surface area contributed by atoms with E-state index in [0.717, 1.165) is 0 Å². The van der Waals surface area contributed by atoms with Crippen LogP contribution in [0.25, 0.3) is 0 Å². The molecule has 2 aromatic carbocycles. The van der Waals surface area contributed by atoms with Crippen LogP contribution in [0.15, 0.2) is 60.7 Å². The van der Waals surface area contributed by atoms with Crippen LogP contribution in [-0.2, 0) is 46.5 Å². The molecule has 0 fully saturated rings. The van der Waals surface area contributed by atoms with Gasteiger partial charge in [0.15, 0.2) is 0 Å². The van der Waals surface area contributed by atoms with Gasteiger partial charge in [-0.1, -0.05) is 60.7 Å². The van der Waals surface area contributed by atoms with Gasteiger partial charge in [0.2, 0.25) is 5.54 Å². The Kier molecular flexibility index (Phi) is 9.88. The Morgan fingerprint density at radius 1 is 0.697 bits per heavy atom. The zero-order valence-corrected chi connectivity index (χ0v) is 18.6. The van der Waals surface area contributed by atoms with Crippen molar-refractivity contribution in [2.45, 2.75) is 39.0 Å². The Labute approximate surface area is 192 Å². The molecular formula is C24H27NO8. The first-order valence-corrected chi connectivity index (χ1v) is 10.4. The van der Waals surface area contributed by atoms with Crippen molar-refractivity contribution in [1.29, 1.82) is 0 Å². The van der Waals surface area contributed by atoms with E-state index in [1.807, 2.05) is 6.07 Å². The second kappa shape index (κ2) is 12.8. The summed E-state index contributed by atoms with van der Waals surface area (Å²) in [5.74, 6) is -3.23. The van der Waals surface area contributed by atoms with E-state index in [-0.39, 0.29) is 26.4 Å². The minimum atomic E-state index is -2.46. The van der Waals surface area contributed by atoms with E-state index in [4.69, 9.17) is 18.9 Å². The van der Waals surface area contributed by atoms with Crippen LogP contribution < -0.4 is 5.32 Å². The second-order valence-electron chi connectivity index (χ2n) is 6.86. The van der Waals surface area contributed by atoms with Crippen molar-refractivity contribution >= 4 is 24.0 Å². The maximum atomic E-state index is 12.8. The summed E-state index contributed by atoms with van der Waals surface area (Å²) in [5, 5.41) is 2.19. The van der Waals surface area contributed by atoms with E-state index in [9.17, 15) is 19.2 Å². The van der Waals surface area contributed by atoms with Crippen molar-refractivity contribution in [2.75, 3.05) is 13.2 Å². The number of benzene rings is 2. The normalized spacial score (nSPS) is 10.6. The number of hydrogen-bond donors (Lipinski definition) is 1. The average molecular weight is 457 g/mol. The molecule has 2 aromatic rings. The predicted molar refractivity (Wildman–Crippen MR) is 117 cm³/mol. The first-order chi connectivity index (χ1) is 15.9. The van der Waals surface area contributed by atoms with Crippen LogP contribution in [0.2, 0.25) is 0 Å². The molecule has 1 N–H and O–H groups in total. The lowest BCUT2D eigenvalue weighted by atomic mass is 9.95. The van der Waals surface area contributed by atoms with Crippen molar-refractivity contribution < 1.29 is 38.1 Å². The quantitative estimate of drug-likeness (QED) is 0.311. The van der Waals surface area contributed by atoms with Crippen LogP contribution in [0.5, 0.6) is 0 Å². The monoisotopic (exact) mass is 457 g/mol. The van der Waals surface area contributed by atoms with Crippen molar-refractivity contribution in [1.82, 2.24) is 5.32 Å². The summed E-state index contributed by atoms with van der Waals surface area (Å²) < 4.78 is 20.3. The largest absolute Gasteiger partial charge is 0.464 e. The molecule has 176 valence electrons. The number of nitrogens with one attached hydrogen (secondary N) is 1.